The first kappa shape index (κ1) is 16.1. The average molecular weight is 331 g/mol. The number of aromatic nitrogens is 3. The van der Waals surface area contributed by atoms with Crippen LogP contribution in [0.5, 0.6) is 5.75 Å². The minimum Gasteiger partial charge on any atom is -0.435 e. The molecule has 0 unspecified atom stereocenters. The van der Waals surface area contributed by atoms with Crippen molar-refractivity contribution in [3.8, 4) is 17.1 Å². The summed E-state index contributed by atoms with van der Waals surface area (Å²) in [6.07, 6.45) is 1.56. The number of rotatable bonds is 6. The Morgan fingerprint density at radius 2 is 1.92 bits per heavy atom. The Bertz CT molecular complexity index is 807. The second kappa shape index (κ2) is 7.18. The Morgan fingerprint density at radius 3 is 2.62 bits per heavy atom. The fourth-order valence-electron chi connectivity index (χ4n) is 2.44. The first-order valence-corrected chi connectivity index (χ1v) is 7.28. The highest BCUT2D eigenvalue weighted by Gasteiger charge is 2.15. The number of benzene rings is 2. The summed E-state index contributed by atoms with van der Waals surface area (Å²) in [5, 5.41) is 17.5. The van der Waals surface area contributed by atoms with Crippen LogP contribution in [0.2, 0.25) is 0 Å². The van der Waals surface area contributed by atoms with Gasteiger partial charge in [-0.05, 0) is 23.3 Å². The first-order chi connectivity index (χ1) is 11.7. The van der Waals surface area contributed by atoms with Crippen LogP contribution in [0.4, 0.5) is 8.78 Å². The Morgan fingerprint density at radius 1 is 1.12 bits per heavy atom. The van der Waals surface area contributed by atoms with Gasteiger partial charge in [0.25, 0.3) is 0 Å². The van der Waals surface area contributed by atoms with E-state index in [0.717, 1.165) is 5.56 Å². The van der Waals surface area contributed by atoms with E-state index >= 15 is 0 Å². The summed E-state index contributed by atoms with van der Waals surface area (Å²) < 4.78 is 31.1. The number of hydrogen-bond donors (Lipinski definition) is 1. The molecule has 0 aliphatic rings. The summed E-state index contributed by atoms with van der Waals surface area (Å²) in [4.78, 5) is 0. The summed E-state index contributed by atoms with van der Waals surface area (Å²) in [5.41, 5.74) is 2.10. The highest BCUT2D eigenvalue weighted by atomic mass is 19.3. The van der Waals surface area contributed by atoms with Crippen molar-refractivity contribution in [2.75, 3.05) is 0 Å². The van der Waals surface area contributed by atoms with E-state index in [2.05, 4.69) is 14.9 Å². The maximum atomic E-state index is 12.4. The predicted octanol–water partition coefficient (Wildman–Crippen LogP) is 3.09. The van der Waals surface area contributed by atoms with Crippen LogP contribution < -0.4 is 4.74 Å². The van der Waals surface area contributed by atoms with Crippen LogP contribution in [0.15, 0.2) is 54.9 Å². The van der Waals surface area contributed by atoms with E-state index in [1.54, 1.807) is 10.9 Å². The van der Waals surface area contributed by atoms with Gasteiger partial charge in [-0.25, -0.2) is 0 Å². The zero-order valence-electron chi connectivity index (χ0n) is 12.6. The minimum absolute atomic E-state index is 0.00598. The molecule has 0 amide bonds. The van der Waals surface area contributed by atoms with E-state index in [0.29, 0.717) is 23.5 Å². The summed E-state index contributed by atoms with van der Waals surface area (Å²) in [5.74, 6) is 0.481. The molecule has 3 rings (SSSR count). The SMILES string of the molecule is OCc1ccc(OC(F)F)cc1-c1nncn1Cc1ccccc1. The molecule has 0 saturated carbocycles. The Kier molecular flexibility index (Phi) is 4.81. The maximum Gasteiger partial charge on any atom is 0.387 e. The molecule has 0 fully saturated rings. The van der Waals surface area contributed by atoms with Crippen molar-refractivity contribution >= 4 is 0 Å². The first-order valence-electron chi connectivity index (χ1n) is 7.28. The maximum absolute atomic E-state index is 12.4. The number of ether oxygens (including phenoxy) is 1. The van der Waals surface area contributed by atoms with Crippen molar-refractivity contribution in [3.05, 3.63) is 66.0 Å². The molecular weight excluding hydrogens is 316 g/mol. The largest absolute Gasteiger partial charge is 0.435 e. The van der Waals surface area contributed by atoms with Gasteiger partial charge in [0.1, 0.15) is 12.1 Å². The topological polar surface area (TPSA) is 60.2 Å². The fraction of sp³-hybridized carbons (Fsp3) is 0.176. The number of aliphatic hydroxyl groups excluding tert-OH is 1. The molecule has 0 bridgehead atoms. The zero-order valence-corrected chi connectivity index (χ0v) is 12.6. The summed E-state index contributed by atoms with van der Waals surface area (Å²) in [7, 11) is 0. The summed E-state index contributed by atoms with van der Waals surface area (Å²) in [6, 6.07) is 14.1. The Balaban J connectivity index is 1.98. The molecule has 1 aromatic heterocycles. The van der Waals surface area contributed by atoms with E-state index in [4.69, 9.17) is 0 Å². The van der Waals surface area contributed by atoms with Crippen LogP contribution in [-0.2, 0) is 13.2 Å². The molecule has 1 heterocycles. The molecule has 3 aromatic rings. The van der Waals surface area contributed by atoms with Crippen molar-refractivity contribution in [2.45, 2.75) is 19.8 Å². The molecule has 0 radical (unpaired) electrons. The highest BCUT2D eigenvalue weighted by Crippen LogP contribution is 2.28. The number of aliphatic hydroxyl groups is 1. The van der Waals surface area contributed by atoms with Crippen molar-refractivity contribution in [3.63, 3.8) is 0 Å². The van der Waals surface area contributed by atoms with Crippen molar-refractivity contribution in [1.29, 1.82) is 0 Å². The van der Waals surface area contributed by atoms with E-state index in [9.17, 15) is 13.9 Å². The van der Waals surface area contributed by atoms with Crippen molar-refractivity contribution < 1.29 is 18.6 Å². The van der Waals surface area contributed by atoms with Gasteiger partial charge in [-0.3, -0.25) is 0 Å². The van der Waals surface area contributed by atoms with Crippen LogP contribution in [0.25, 0.3) is 11.4 Å². The number of nitrogens with zero attached hydrogens (tertiary/aromatic N) is 3. The van der Waals surface area contributed by atoms with Gasteiger partial charge in [-0.15, -0.1) is 10.2 Å². The molecule has 0 atom stereocenters. The Hall–Kier alpha value is -2.80. The van der Waals surface area contributed by atoms with E-state index in [1.807, 2.05) is 30.3 Å². The second-order valence-corrected chi connectivity index (χ2v) is 5.12. The molecule has 2 aromatic carbocycles. The monoisotopic (exact) mass is 331 g/mol. The van der Waals surface area contributed by atoms with Gasteiger partial charge in [-0.2, -0.15) is 8.78 Å². The van der Waals surface area contributed by atoms with Gasteiger partial charge in [0.05, 0.1) is 13.2 Å². The van der Waals surface area contributed by atoms with E-state index in [-0.39, 0.29) is 12.4 Å². The molecular formula is C17H15F2N3O2. The number of hydrogen-bond acceptors (Lipinski definition) is 4. The third-order valence-electron chi connectivity index (χ3n) is 3.53. The summed E-state index contributed by atoms with van der Waals surface area (Å²) >= 11 is 0. The molecule has 0 aliphatic heterocycles. The summed E-state index contributed by atoms with van der Waals surface area (Å²) in [6.45, 7) is -2.64. The van der Waals surface area contributed by atoms with Gasteiger partial charge in [-0.1, -0.05) is 36.4 Å². The minimum atomic E-state index is -2.92. The smallest absolute Gasteiger partial charge is 0.387 e. The molecule has 24 heavy (non-hydrogen) atoms. The second-order valence-electron chi connectivity index (χ2n) is 5.12. The molecule has 0 spiro atoms. The lowest BCUT2D eigenvalue weighted by Gasteiger charge is -2.12. The van der Waals surface area contributed by atoms with Crippen molar-refractivity contribution in [1.82, 2.24) is 14.8 Å². The van der Waals surface area contributed by atoms with E-state index in [1.165, 1.54) is 18.2 Å². The van der Waals surface area contributed by atoms with Gasteiger partial charge in [0.2, 0.25) is 0 Å². The lowest BCUT2D eigenvalue weighted by atomic mass is 10.1. The number of halogens is 2. The molecule has 7 heteroatoms. The normalized spacial score (nSPS) is 11.0. The third-order valence-corrected chi connectivity index (χ3v) is 3.53. The molecule has 0 saturated heterocycles. The average Bonchev–Trinajstić information content (AvgIpc) is 3.03. The third kappa shape index (κ3) is 3.57. The highest BCUT2D eigenvalue weighted by molar-refractivity contribution is 5.63. The quantitative estimate of drug-likeness (QED) is 0.754. The molecule has 1 N–H and O–H groups in total. The zero-order chi connectivity index (χ0) is 16.9. The van der Waals surface area contributed by atoms with E-state index < -0.39 is 6.61 Å². The van der Waals surface area contributed by atoms with Crippen molar-refractivity contribution in [2.24, 2.45) is 0 Å². The van der Waals surface area contributed by atoms with Gasteiger partial charge in [0, 0.05) is 5.56 Å². The molecule has 0 aliphatic carbocycles. The standard InChI is InChI=1S/C17H15F2N3O2/c18-17(19)24-14-7-6-13(10-23)15(8-14)16-21-20-11-22(16)9-12-4-2-1-3-5-12/h1-8,11,17,23H,9-10H2. The van der Waals surface area contributed by atoms with Crippen LogP contribution in [-0.4, -0.2) is 26.5 Å². The molecule has 5 nitrogen and oxygen atoms in total. The predicted molar refractivity (Wildman–Crippen MR) is 83.6 cm³/mol. The van der Waals surface area contributed by atoms with Gasteiger partial charge < -0.3 is 14.4 Å². The van der Waals surface area contributed by atoms with Gasteiger partial charge in [0.15, 0.2) is 5.82 Å². The number of alkyl halides is 2. The molecule has 124 valence electrons. The lowest BCUT2D eigenvalue weighted by Crippen LogP contribution is -2.05. The lowest BCUT2D eigenvalue weighted by molar-refractivity contribution is -0.0498. The Labute approximate surface area is 137 Å². The van der Waals surface area contributed by atoms with Crippen LogP contribution in [0.3, 0.4) is 0 Å². The van der Waals surface area contributed by atoms with Gasteiger partial charge >= 0.3 is 6.61 Å². The van der Waals surface area contributed by atoms with Crippen LogP contribution in [0, 0.1) is 0 Å². The van der Waals surface area contributed by atoms with Crippen LogP contribution in [0.1, 0.15) is 11.1 Å². The fourth-order valence-corrected chi connectivity index (χ4v) is 2.44. The van der Waals surface area contributed by atoms with Crippen LogP contribution >= 0.6 is 0 Å².